The molecule has 6 atom stereocenters. The third-order valence-electron chi connectivity index (χ3n) is 6.97. The van der Waals surface area contributed by atoms with Crippen LogP contribution in [0.25, 0.3) is 0 Å². The number of hydrogen-bond donors (Lipinski definition) is 1. The van der Waals surface area contributed by atoms with Crippen LogP contribution < -0.4 is 5.73 Å². The molecule has 2 aromatic rings. The fourth-order valence-corrected chi connectivity index (χ4v) is 5.14. The summed E-state index contributed by atoms with van der Waals surface area (Å²) >= 11 is 0. The highest BCUT2D eigenvalue weighted by Gasteiger charge is 2.44. The molecule has 4 nitrogen and oxygen atoms in total. The van der Waals surface area contributed by atoms with Crippen molar-refractivity contribution in [3.63, 3.8) is 0 Å². The van der Waals surface area contributed by atoms with Gasteiger partial charge in [0.1, 0.15) is 0 Å². The van der Waals surface area contributed by atoms with E-state index in [1.54, 1.807) is 0 Å². The fourth-order valence-electron chi connectivity index (χ4n) is 5.14. The second-order valence-corrected chi connectivity index (χ2v) is 9.36. The maximum atomic E-state index is 13.4. The normalized spacial score (nSPS) is 28.3. The monoisotopic (exact) mass is 517 g/mol. The summed E-state index contributed by atoms with van der Waals surface area (Å²) in [7, 11) is 0. The summed E-state index contributed by atoms with van der Waals surface area (Å²) in [6, 6.07) is 10.9. The first kappa shape index (κ1) is 26.9. The standard InChI is InChI=1S/C26H29F6NO3/c1-15(17-11-18(25(27,28)29)13-19(12-17)26(30,31)32)35-24-23(16-5-3-2-4-6-16)21(9-10-34-24)22-8-7-20(14-33)36-22/h2-6,11-13,15,20-24H,7-10,14,33H2,1H3/t15-,20+,21+,22?,23+,24-/m1/s1. The van der Waals surface area contributed by atoms with Crippen LogP contribution in [0.5, 0.6) is 0 Å². The predicted octanol–water partition coefficient (Wildman–Crippen LogP) is 6.45. The maximum absolute atomic E-state index is 13.4. The largest absolute Gasteiger partial charge is 0.416 e. The van der Waals surface area contributed by atoms with Gasteiger partial charge in [-0.05, 0) is 61.4 Å². The third kappa shape index (κ3) is 6.04. The highest BCUT2D eigenvalue weighted by atomic mass is 19.4. The summed E-state index contributed by atoms with van der Waals surface area (Å²) in [6.45, 7) is 2.17. The minimum atomic E-state index is -4.94. The van der Waals surface area contributed by atoms with Gasteiger partial charge in [-0.1, -0.05) is 30.3 Å². The van der Waals surface area contributed by atoms with Crippen molar-refractivity contribution in [2.75, 3.05) is 13.2 Å². The van der Waals surface area contributed by atoms with Gasteiger partial charge in [0.2, 0.25) is 0 Å². The number of alkyl halides is 6. The van der Waals surface area contributed by atoms with Gasteiger partial charge in [-0.3, -0.25) is 0 Å². The average molecular weight is 518 g/mol. The van der Waals surface area contributed by atoms with Crippen LogP contribution in [0.15, 0.2) is 48.5 Å². The van der Waals surface area contributed by atoms with Gasteiger partial charge in [-0.15, -0.1) is 0 Å². The van der Waals surface area contributed by atoms with Gasteiger partial charge in [0.05, 0.1) is 36.0 Å². The van der Waals surface area contributed by atoms with Gasteiger partial charge in [-0.25, -0.2) is 0 Å². The van der Waals surface area contributed by atoms with E-state index in [0.717, 1.165) is 18.4 Å². The van der Waals surface area contributed by atoms with Crippen molar-refractivity contribution in [3.05, 3.63) is 70.8 Å². The molecule has 0 spiro atoms. The Hall–Kier alpha value is -2.14. The zero-order valence-corrected chi connectivity index (χ0v) is 19.7. The molecule has 2 aliphatic rings. The van der Waals surface area contributed by atoms with Crippen LogP contribution in [0.4, 0.5) is 26.3 Å². The van der Waals surface area contributed by atoms with Crippen molar-refractivity contribution in [1.82, 2.24) is 0 Å². The smallest absolute Gasteiger partial charge is 0.373 e. The van der Waals surface area contributed by atoms with Gasteiger partial charge in [-0.2, -0.15) is 26.3 Å². The molecule has 4 rings (SSSR count). The summed E-state index contributed by atoms with van der Waals surface area (Å²) in [5.41, 5.74) is 3.70. The van der Waals surface area contributed by atoms with Crippen molar-refractivity contribution in [2.24, 2.45) is 11.7 Å². The molecule has 0 aliphatic carbocycles. The van der Waals surface area contributed by atoms with Crippen molar-refractivity contribution >= 4 is 0 Å². The summed E-state index contributed by atoms with van der Waals surface area (Å²) in [5.74, 6) is -0.334. The molecular weight excluding hydrogens is 488 g/mol. The molecule has 2 N–H and O–H groups in total. The van der Waals surface area contributed by atoms with Crippen LogP contribution in [-0.4, -0.2) is 31.6 Å². The summed E-state index contributed by atoms with van der Waals surface area (Å²) < 4.78 is 98.4. The molecule has 2 aliphatic heterocycles. The van der Waals surface area contributed by atoms with Gasteiger partial charge >= 0.3 is 12.4 Å². The maximum Gasteiger partial charge on any atom is 0.416 e. The first-order valence-corrected chi connectivity index (χ1v) is 11.9. The predicted molar refractivity (Wildman–Crippen MR) is 120 cm³/mol. The molecular formula is C26H29F6NO3. The van der Waals surface area contributed by atoms with E-state index < -0.39 is 35.9 Å². The molecule has 0 saturated carbocycles. The fraction of sp³-hybridized carbons (Fsp3) is 0.538. The molecule has 2 aromatic carbocycles. The summed E-state index contributed by atoms with van der Waals surface area (Å²) in [6.07, 6.45) is -9.68. The highest BCUT2D eigenvalue weighted by Crippen LogP contribution is 2.44. The zero-order valence-electron chi connectivity index (χ0n) is 19.7. The quantitative estimate of drug-likeness (QED) is 0.447. The minimum Gasteiger partial charge on any atom is -0.373 e. The first-order valence-electron chi connectivity index (χ1n) is 11.9. The molecule has 36 heavy (non-hydrogen) atoms. The lowest BCUT2D eigenvalue weighted by Gasteiger charge is -2.41. The number of rotatable bonds is 6. The van der Waals surface area contributed by atoms with E-state index in [0.29, 0.717) is 31.7 Å². The molecule has 1 unspecified atom stereocenters. The molecule has 0 radical (unpaired) electrons. The average Bonchev–Trinajstić information content (AvgIpc) is 3.32. The van der Waals surface area contributed by atoms with E-state index in [-0.39, 0.29) is 35.7 Å². The molecule has 2 saturated heterocycles. The lowest BCUT2D eigenvalue weighted by Crippen LogP contribution is -2.42. The van der Waals surface area contributed by atoms with E-state index in [1.807, 2.05) is 30.3 Å². The van der Waals surface area contributed by atoms with E-state index in [2.05, 4.69) is 0 Å². The van der Waals surface area contributed by atoms with Gasteiger partial charge in [0.25, 0.3) is 0 Å². The summed E-state index contributed by atoms with van der Waals surface area (Å²) in [4.78, 5) is 0. The van der Waals surface area contributed by atoms with Crippen LogP contribution >= 0.6 is 0 Å². The van der Waals surface area contributed by atoms with E-state index in [1.165, 1.54) is 6.92 Å². The lowest BCUT2D eigenvalue weighted by atomic mass is 9.77. The highest BCUT2D eigenvalue weighted by molar-refractivity contribution is 5.35. The zero-order chi connectivity index (χ0) is 26.1. The molecule has 2 fully saturated rings. The molecule has 2 heterocycles. The van der Waals surface area contributed by atoms with Gasteiger partial charge in [0.15, 0.2) is 6.29 Å². The Balaban J connectivity index is 1.64. The second-order valence-electron chi connectivity index (χ2n) is 9.36. The van der Waals surface area contributed by atoms with E-state index >= 15 is 0 Å². The number of hydrogen-bond acceptors (Lipinski definition) is 4. The lowest BCUT2D eigenvalue weighted by molar-refractivity contribution is -0.218. The summed E-state index contributed by atoms with van der Waals surface area (Å²) in [5, 5.41) is 0. The SMILES string of the molecule is C[C@@H](O[C@H]1OCC[C@@H](C2CC[C@@H](CN)O2)[C@@H]1c1ccccc1)c1cc(C(F)(F)F)cc(C(F)(F)F)c1. The third-order valence-corrected chi connectivity index (χ3v) is 6.97. The Bertz CT molecular complexity index is 981. The van der Waals surface area contributed by atoms with Crippen LogP contribution in [0.1, 0.15) is 60.5 Å². The Morgan fingerprint density at radius 1 is 0.944 bits per heavy atom. The van der Waals surface area contributed by atoms with Crippen molar-refractivity contribution in [1.29, 1.82) is 0 Å². The minimum absolute atomic E-state index is 0.0119. The van der Waals surface area contributed by atoms with E-state index in [9.17, 15) is 26.3 Å². The number of nitrogens with two attached hydrogens (primary N) is 1. The molecule has 0 aromatic heterocycles. The van der Waals surface area contributed by atoms with Crippen LogP contribution in [0.3, 0.4) is 0 Å². The molecule has 10 heteroatoms. The first-order chi connectivity index (χ1) is 17.0. The molecule has 0 amide bonds. The number of halogens is 6. The van der Waals surface area contributed by atoms with Crippen LogP contribution in [-0.2, 0) is 26.6 Å². The Morgan fingerprint density at radius 2 is 1.58 bits per heavy atom. The Morgan fingerprint density at radius 3 is 2.14 bits per heavy atom. The molecule has 198 valence electrons. The van der Waals surface area contributed by atoms with Crippen LogP contribution in [0.2, 0.25) is 0 Å². The Labute approximate surface area is 205 Å². The number of benzene rings is 2. The van der Waals surface area contributed by atoms with Crippen molar-refractivity contribution < 1.29 is 40.6 Å². The van der Waals surface area contributed by atoms with Gasteiger partial charge < -0.3 is 19.9 Å². The Kier molecular flexibility index (Phi) is 7.99. The molecule has 0 bridgehead atoms. The number of ether oxygens (including phenoxy) is 3. The topological polar surface area (TPSA) is 53.7 Å². The van der Waals surface area contributed by atoms with Crippen molar-refractivity contribution in [2.45, 2.75) is 69.1 Å². The van der Waals surface area contributed by atoms with Crippen LogP contribution in [0, 0.1) is 5.92 Å². The van der Waals surface area contributed by atoms with Gasteiger partial charge in [0, 0.05) is 12.5 Å². The second kappa shape index (κ2) is 10.7. The van der Waals surface area contributed by atoms with E-state index in [4.69, 9.17) is 19.9 Å². The van der Waals surface area contributed by atoms with Crippen molar-refractivity contribution in [3.8, 4) is 0 Å².